The molecule has 0 radical (unpaired) electrons. The number of amides is 1. The lowest BCUT2D eigenvalue weighted by molar-refractivity contribution is -0.142. The highest BCUT2D eigenvalue weighted by atomic mass is 16.4. The molecule has 0 aliphatic carbocycles. The number of carboxylic acid groups (broad SMARTS) is 1. The van der Waals surface area contributed by atoms with Crippen molar-refractivity contribution < 1.29 is 14.7 Å². The summed E-state index contributed by atoms with van der Waals surface area (Å²) in [6.07, 6.45) is 25.3. The van der Waals surface area contributed by atoms with Crippen LogP contribution < -0.4 is 0 Å². The van der Waals surface area contributed by atoms with Crippen molar-refractivity contribution in [2.45, 2.75) is 155 Å². The number of aliphatic carboxylic acids is 1. The third kappa shape index (κ3) is 12.8. The van der Waals surface area contributed by atoms with Crippen molar-refractivity contribution in [3.63, 3.8) is 0 Å². The topological polar surface area (TPSA) is 57.6 Å². The van der Waals surface area contributed by atoms with Crippen LogP contribution in [0.5, 0.6) is 0 Å². The average molecular weight is 452 g/mol. The number of unbranched alkanes of at least 4 members (excludes halogenated alkanes) is 17. The quantitative estimate of drug-likeness (QED) is 0.169. The molecule has 0 saturated carbocycles. The number of hydrogen-bond donors (Lipinski definition) is 1. The van der Waals surface area contributed by atoms with Crippen LogP contribution in [-0.4, -0.2) is 34.5 Å². The zero-order valence-electron chi connectivity index (χ0n) is 21.4. The maximum atomic E-state index is 12.5. The number of carbonyl (C=O) groups is 2. The van der Waals surface area contributed by atoms with Crippen molar-refractivity contribution in [2.75, 3.05) is 6.54 Å². The second kappa shape index (κ2) is 19.4. The highest BCUT2D eigenvalue weighted by Crippen LogP contribution is 2.30. The van der Waals surface area contributed by atoms with Crippen LogP contribution in [0.25, 0.3) is 0 Å². The predicted molar refractivity (Wildman–Crippen MR) is 135 cm³/mol. The molecule has 0 unspecified atom stereocenters. The van der Waals surface area contributed by atoms with E-state index in [1.807, 2.05) is 4.90 Å². The van der Waals surface area contributed by atoms with Gasteiger partial charge < -0.3 is 10.0 Å². The number of carboxylic acids is 1. The van der Waals surface area contributed by atoms with Crippen molar-refractivity contribution in [3.8, 4) is 0 Å². The summed E-state index contributed by atoms with van der Waals surface area (Å²) in [6.45, 7) is 5.25. The van der Waals surface area contributed by atoms with Crippen LogP contribution in [-0.2, 0) is 9.59 Å². The molecule has 1 heterocycles. The fourth-order valence-corrected chi connectivity index (χ4v) is 5.18. The molecule has 1 N–H and O–H groups in total. The summed E-state index contributed by atoms with van der Waals surface area (Å²) in [7, 11) is 0. The van der Waals surface area contributed by atoms with E-state index >= 15 is 0 Å². The zero-order valence-corrected chi connectivity index (χ0v) is 21.4. The van der Waals surface area contributed by atoms with Crippen LogP contribution in [0.4, 0.5) is 0 Å². The molecule has 1 rings (SSSR count). The van der Waals surface area contributed by atoms with E-state index in [4.69, 9.17) is 0 Å². The van der Waals surface area contributed by atoms with Crippen molar-refractivity contribution >= 4 is 11.9 Å². The first kappa shape index (κ1) is 29.0. The number of likely N-dealkylation sites (tertiary alicyclic amines) is 1. The van der Waals surface area contributed by atoms with Gasteiger partial charge >= 0.3 is 5.97 Å². The van der Waals surface area contributed by atoms with Crippen LogP contribution in [0.2, 0.25) is 0 Å². The van der Waals surface area contributed by atoms with Crippen LogP contribution in [0.15, 0.2) is 0 Å². The normalized spacial score (nSPS) is 18.6. The molecule has 0 aromatic carbocycles. The second-order valence-corrected chi connectivity index (χ2v) is 10.1. The van der Waals surface area contributed by atoms with E-state index in [0.717, 1.165) is 38.6 Å². The van der Waals surface area contributed by atoms with E-state index in [1.165, 1.54) is 96.3 Å². The van der Waals surface area contributed by atoms with Crippen molar-refractivity contribution in [3.05, 3.63) is 0 Å². The van der Waals surface area contributed by atoms with Crippen LogP contribution in [0.1, 0.15) is 149 Å². The third-order valence-corrected chi connectivity index (χ3v) is 7.25. The van der Waals surface area contributed by atoms with Crippen LogP contribution in [0.3, 0.4) is 0 Å². The van der Waals surface area contributed by atoms with E-state index in [9.17, 15) is 14.7 Å². The minimum Gasteiger partial charge on any atom is -0.481 e. The molecule has 0 bridgehead atoms. The second-order valence-electron chi connectivity index (χ2n) is 10.1. The molecular weight excluding hydrogens is 398 g/mol. The molecule has 1 amide bonds. The Hall–Kier alpha value is -1.06. The Morgan fingerprint density at radius 1 is 0.719 bits per heavy atom. The lowest BCUT2D eigenvalue weighted by Crippen LogP contribution is -2.38. The summed E-state index contributed by atoms with van der Waals surface area (Å²) < 4.78 is 0. The third-order valence-electron chi connectivity index (χ3n) is 7.25. The van der Waals surface area contributed by atoms with Gasteiger partial charge in [-0.15, -0.1) is 0 Å². The van der Waals surface area contributed by atoms with Crippen molar-refractivity contribution in [1.82, 2.24) is 4.90 Å². The smallest absolute Gasteiger partial charge is 0.309 e. The predicted octanol–water partition coefficient (Wildman–Crippen LogP) is 8.13. The van der Waals surface area contributed by atoms with Gasteiger partial charge in [0, 0.05) is 19.0 Å². The van der Waals surface area contributed by atoms with E-state index in [1.54, 1.807) is 0 Å². The van der Waals surface area contributed by atoms with Gasteiger partial charge in [0.25, 0.3) is 0 Å². The van der Waals surface area contributed by atoms with Gasteiger partial charge in [0.15, 0.2) is 0 Å². The van der Waals surface area contributed by atoms with E-state index in [0.29, 0.717) is 0 Å². The number of rotatable bonds is 22. The molecule has 1 fully saturated rings. The number of nitrogens with zero attached hydrogens (tertiary/aromatic N) is 1. The Balaban J connectivity index is 2.22. The average Bonchev–Trinajstić information content (AvgIpc) is 3.09. The number of carbonyl (C=O) groups excluding carboxylic acids is 1. The monoisotopic (exact) mass is 451 g/mol. The fraction of sp³-hybridized carbons (Fsp3) is 0.929. The molecule has 0 aromatic heterocycles. The van der Waals surface area contributed by atoms with Gasteiger partial charge in [0.2, 0.25) is 5.91 Å². The van der Waals surface area contributed by atoms with Gasteiger partial charge in [-0.05, 0) is 12.8 Å². The van der Waals surface area contributed by atoms with E-state index in [-0.39, 0.29) is 18.4 Å². The Morgan fingerprint density at radius 2 is 1.12 bits per heavy atom. The molecule has 4 heteroatoms. The van der Waals surface area contributed by atoms with Crippen molar-refractivity contribution in [1.29, 1.82) is 0 Å². The SMILES string of the molecule is CCCCCCCCCCCCN1C(=O)C[C@H](C(=O)O)[C@H]1CCCCCCCCCCC. The first-order valence-corrected chi connectivity index (χ1v) is 14.1. The molecule has 4 nitrogen and oxygen atoms in total. The Kier molecular flexibility index (Phi) is 17.6. The lowest BCUT2D eigenvalue weighted by atomic mass is 9.94. The molecule has 2 atom stereocenters. The summed E-state index contributed by atoms with van der Waals surface area (Å²) in [5.74, 6) is -1.22. The van der Waals surface area contributed by atoms with Crippen molar-refractivity contribution in [2.24, 2.45) is 5.92 Å². The fourth-order valence-electron chi connectivity index (χ4n) is 5.18. The molecule has 188 valence electrons. The zero-order chi connectivity index (χ0) is 23.4. The van der Waals surface area contributed by atoms with Crippen LogP contribution in [0, 0.1) is 5.92 Å². The molecule has 1 aliphatic heterocycles. The molecule has 1 saturated heterocycles. The molecular formula is C28H53NO3. The largest absolute Gasteiger partial charge is 0.481 e. The minimum absolute atomic E-state index is 0.0641. The maximum absolute atomic E-state index is 12.5. The van der Waals surface area contributed by atoms with Gasteiger partial charge in [-0.3, -0.25) is 9.59 Å². The summed E-state index contributed by atoms with van der Waals surface area (Å²) in [4.78, 5) is 26.2. The lowest BCUT2D eigenvalue weighted by Gasteiger charge is -2.27. The van der Waals surface area contributed by atoms with Gasteiger partial charge in [0.1, 0.15) is 0 Å². The summed E-state index contributed by atoms with van der Waals surface area (Å²) in [6, 6.07) is -0.0804. The van der Waals surface area contributed by atoms with Gasteiger partial charge in [0.05, 0.1) is 5.92 Å². The molecule has 0 aromatic rings. The Bertz CT molecular complexity index is 479. The molecule has 0 spiro atoms. The maximum Gasteiger partial charge on any atom is 0.309 e. The van der Waals surface area contributed by atoms with E-state index in [2.05, 4.69) is 13.8 Å². The summed E-state index contributed by atoms with van der Waals surface area (Å²) in [5, 5.41) is 9.63. The molecule has 1 aliphatic rings. The standard InChI is InChI=1S/C28H53NO3/c1-3-5-7-9-11-13-15-17-19-21-23-29-26(25(28(31)32)24-27(29)30)22-20-18-16-14-12-10-8-6-4-2/h25-26H,3-24H2,1-2H3,(H,31,32)/t25-,26+/m0/s1. The highest BCUT2D eigenvalue weighted by molar-refractivity contribution is 5.87. The number of hydrogen-bond acceptors (Lipinski definition) is 2. The Morgan fingerprint density at radius 3 is 1.56 bits per heavy atom. The molecule has 32 heavy (non-hydrogen) atoms. The Labute approximate surface area is 198 Å². The minimum atomic E-state index is -0.787. The van der Waals surface area contributed by atoms with E-state index < -0.39 is 11.9 Å². The highest BCUT2D eigenvalue weighted by Gasteiger charge is 2.42. The van der Waals surface area contributed by atoms with Gasteiger partial charge in [-0.1, -0.05) is 129 Å². The van der Waals surface area contributed by atoms with Gasteiger partial charge in [-0.25, -0.2) is 0 Å². The summed E-state index contributed by atoms with van der Waals surface area (Å²) in [5.41, 5.74) is 0. The van der Waals surface area contributed by atoms with Gasteiger partial charge in [-0.2, -0.15) is 0 Å². The first-order valence-electron chi connectivity index (χ1n) is 14.1. The first-order chi connectivity index (χ1) is 15.6. The van der Waals surface area contributed by atoms with Crippen LogP contribution >= 0.6 is 0 Å². The summed E-state index contributed by atoms with van der Waals surface area (Å²) >= 11 is 0.